The summed E-state index contributed by atoms with van der Waals surface area (Å²) in [7, 11) is 0. The molecule has 0 unspecified atom stereocenters. The SMILES string of the molecule is Cc1cc([C@@H](NC(=O)c2cc(CN3CCSC3=N)cc(-c3cn(C4CCCC4)nc3C(F)(F)F)c2)C2CC2)ccc1F. The molecule has 3 fully saturated rings. The number of rotatable bonds is 8. The maximum Gasteiger partial charge on any atom is 0.435 e. The van der Waals surface area contributed by atoms with E-state index in [9.17, 15) is 22.4 Å². The van der Waals surface area contributed by atoms with Gasteiger partial charge in [0.1, 0.15) is 5.82 Å². The summed E-state index contributed by atoms with van der Waals surface area (Å²) in [4.78, 5) is 15.6. The third-order valence-electron chi connectivity index (χ3n) is 8.45. The third kappa shape index (κ3) is 6.07. The van der Waals surface area contributed by atoms with Crippen LogP contribution in [0.2, 0.25) is 0 Å². The van der Waals surface area contributed by atoms with Crippen LogP contribution in [0.3, 0.4) is 0 Å². The molecule has 3 aromatic rings. The Labute approximate surface area is 246 Å². The second-order valence-corrected chi connectivity index (χ2v) is 12.7. The van der Waals surface area contributed by atoms with Crippen LogP contribution in [0, 0.1) is 24.1 Å². The molecule has 6 nitrogen and oxygen atoms in total. The molecule has 0 radical (unpaired) electrons. The topological polar surface area (TPSA) is 74.0 Å². The van der Waals surface area contributed by atoms with Crippen molar-refractivity contribution in [1.29, 1.82) is 5.41 Å². The number of aromatic nitrogens is 2. The van der Waals surface area contributed by atoms with E-state index in [0.717, 1.165) is 49.8 Å². The van der Waals surface area contributed by atoms with Gasteiger partial charge in [0.2, 0.25) is 0 Å². The molecule has 3 aliphatic rings. The summed E-state index contributed by atoms with van der Waals surface area (Å²) in [6.07, 6.45) is 2.14. The quantitative estimate of drug-likeness (QED) is 0.263. The van der Waals surface area contributed by atoms with E-state index in [2.05, 4.69) is 10.4 Å². The standard InChI is InChI=1S/C31H33F4N5OS/c1-18-12-21(8-9-26(18)32)27(20-6-7-20)37-29(41)23-14-19(16-39-10-11-42-30(39)36)13-22(15-23)25-17-40(24-4-2-3-5-24)38-28(25)31(33,34)35/h8-9,12-15,17,20,24,27,36H,2-7,10-11,16H2,1H3,(H,37,41)/t27-/m0/s1. The minimum atomic E-state index is -4.66. The Balaban J connectivity index is 1.38. The van der Waals surface area contributed by atoms with Gasteiger partial charge in [0, 0.05) is 36.2 Å². The molecular formula is C31H33F4N5OS. The summed E-state index contributed by atoms with van der Waals surface area (Å²) in [5.41, 5.74) is 1.44. The highest BCUT2D eigenvalue weighted by atomic mass is 32.2. The number of alkyl halides is 3. The highest BCUT2D eigenvalue weighted by Crippen LogP contribution is 2.42. The average molecular weight is 600 g/mol. The fourth-order valence-electron chi connectivity index (χ4n) is 6.04. The smallest absolute Gasteiger partial charge is 0.347 e. The van der Waals surface area contributed by atoms with Crippen molar-refractivity contribution in [2.45, 2.75) is 70.3 Å². The molecule has 1 aliphatic heterocycles. The van der Waals surface area contributed by atoms with E-state index in [4.69, 9.17) is 5.41 Å². The summed E-state index contributed by atoms with van der Waals surface area (Å²) >= 11 is 1.42. The van der Waals surface area contributed by atoms with Gasteiger partial charge < -0.3 is 10.2 Å². The Morgan fingerprint density at radius 3 is 2.55 bits per heavy atom. The van der Waals surface area contributed by atoms with Crippen LogP contribution in [0.1, 0.15) is 83.4 Å². The number of thioether (sulfide) groups is 1. The van der Waals surface area contributed by atoms with Gasteiger partial charge in [-0.3, -0.25) is 14.9 Å². The summed E-state index contributed by atoms with van der Waals surface area (Å²) in [5, 5.41) is 15.7. The van der Waals surface area contributed by atoms with E-state index in [1.54, 1.807) is 31.2 Å². The van der Waals surface area contributed by atoms with Gasteiger partial charge in [-0.15, -0.1) is 0 Å². The molecule has 2 N–H and O–H groups in total. The van der Waals surface area contributed by atoms with Crippen LogP contribution in [-0.4, -0.2) is 38.1 Å². The maximum absolute atomic E-state index is 14.3. The molecule has 2 heterocycles. The molecule has 11 heteroatoms. The number of carbonyl (C=O) groups excluding carboxylic acids is 1. The van der Waals surface area contributed by atoms with Crippen molar-refractivity contribution in [3.63, 3.8) is 0 Å². The zero-order valence-electron chi connectivity index (χ0n) is 23.3. The molecule has 6 rings (SSSR count). The van der Waals surface area contributed by atoms with Gasteiger partial charge in [0.15, 0.2) is 10.9 Å². The number of hydrogen-bond acceptors (Lipinski definition) is 4. The fourth-order valence-corrected chi connectivity index (χ4v) is 6.89. The Bertz CT molecular complexity index is 1510. The third-order valence-corrected chi connectivity index (χ3v) is 9.37. The number of benzene rings is 2. The highest BCUT2D eigenvalue weighted by Gasteiger charge is 2.39. The van der Waals surface area contributed by atoms with Crippen LogP contribution in [0.15, 0.2) is 42.6 Å². The minimum absolute atomic E-state index is 0.0518. The number of hydrogen-bond donors (Lipinski definition) is 2. The first kappa shape index (κ1) is 28.8. The van der Waals surface area contributed by atoms with Crippen molar-refractivity contribution in [2.75, 3.05) is 12.3 Å². The van der Waals surface area contributed by atoms with E-state index in [-0.39, 0.29) is 40.5 Å². The van der Waals surface area contributed by atoms with E-state index in [0.29, 0.717) is 29.4 Å². The summed E-state index contributed by atoms with van der Waals surface area (Å²) in [6.45, 7) is 2.64. The summed E-state index contributed by atoms with van der Waals surface area (Å²) in [6, 6.07) is 9.29. The lowest BCUT2D eigenvalue weighted by Crippen LogP contribution is -2.30. The number of amidine groups is 1. The molecule has 2 aliphatic carbocycles. The highest BCUT2D eigenvalue weighted by molar-refractivity contribution is 8.14. The second kappa shape index (κ2) is 11.4. The summed E-state index contributed by atoms with van der Waals surface area (Å²) in [5.74, 6) is 0.254. The van der Waals surface area contributed by atoms with E-state index >= 15 is 0 Å². The van der Waals surface area contributed by atoms with Crippen molar-refractivity contribution in [3.05, 3.63) is 76.4 Å². The van der Waals surface area contributed by atoms with Crippen molar-refractivity contribution in [1.82, 2.24) is 20.0 Å². The molecule has 1 aromatic heterocycles. The second-order valence-electron chi connectivity index (χ2n) is 11.6. The molecule has 0 bridgehead atoms. The van der Waals surface area contributed by atoms with Crippen molar-refractivity contribution in [2.24, 2.45) is 5.92 Å². The number of aryl methyl sites for hydroxylation is 1. The van der Waals surface area contributed by atoms with Gasteiger partial charge in [-0.25, -0.2) is 4.39 Å². The van der Waals surface area contributed by atoms with Crippen LogP contribution in [0.25, 0.3) is 11.1 Å². The number of nitrogens with one attached hydrogen (secondary N) is 2. The Kier molecular flexibility index (Phi) is 7.80. The Morgan fingerprint density at radius 1 is 1.14 bits per heavy atom. The van der Waals surface area contributed by atoms with Crippen molar-refractivity contribution >= 4 is 22.8 Å². The lowest BCUT2D eigenvalue weighted by molar-refractivity contribution is -0.141. The number of halogens is 4. The maximum atomic E-state index is 14.3. The lowest BCUT2D eigenvalue weighted by Gasteiger charge is -2.21. The van der Waals surface area contributed by atoms with Gasteiger partial charge in [0.25, 0.3) is 5.91 Å². The largest absolute Gasteiger partial charge is 0.435 e. The number of amides is 1. The van der Waals surface area contributed by atoms with Crippen LogP contribution in [0.4, 0.5) is 17.6 Å². The molecule has 1 saturated heterocycles. The predicted octanol–water partition coefficient (Wildman–Crippen LogP) is 7.50. The van der Waals surface area contributed by atoms with E-state index in [1.807, 2.05) is 4.90 Å². The molecule has 42 heavy (non-hydrogen) atoms. The first-order chi connectivity index (χ1) is 20.1. The van der Waals surface area contributed by atoms with E-state index in [1.165, 1.54) is 34.8 Å². The molecule has 2 saturated carbocycles. The first-order valence-corrected chi connectivity index (χ1v) is 15.4. The van der Waals surface area contributed by atoms with Crippen molar-refractivity contribution in [3.8, 4) is 11.1 Å². The molecule has 0 spiro atoms. The summed E-state index contributed by atoms with van der Waals surface area (Å²) < 4.78 is 58.2. The average Bonchev–Trinajstić information content (AvgIpc) is 3.29. The minimum Gasteiger partial charge on any atom is -0.347 e. The Morgan fingerprint density at radius 2 is 1.90 bits per heavy atom. The van der Waals surface area contributed by atoms with Crippen LogP contribution >= 0.6 is 11.8 Å². The number of nitrogens with zero attached hydrogens (tertiary/aromatic N) is 3. The molecule has 1 atom stereocenters. The molecule has 222 valence electrons. The van der Waals surface area contributed by atoms with Crippen LogP contribution in [-0.2, 0) is 12.7 Å². The lowest BCUT2D eigenvalue weighted by atomic mass is 9.97. The van der Waals surface area contributed by atoms with Crippen molar-refractivity contribution < 1.29 is 22.4 Å². The zero-order chi connectivity index (χ0) is 29.6. The Hall–Kier alpha value is -3.34. The first-order valence-electron chi connectivity index (χ1n) is 14.4. The monoisotopic (exact) mass is 599 g/mol. The fraction of sp³-hybridized carbons (Fsp3) is 0.452. The van der Waals surface area contributed by atoms with E-state index < -0.39 is 17.8 Å². The van der Waals surface area contributed by atoms with Gasteiger partial charge in [-0.05, 0) is 85.0 Å². The normalized spacial score (nSPS) is 18.6. The zero-order valence-corrected chi connectivity index (χ0v) is 24.1. The molecule has 1 amide bonds. The predicted molar refractivity (Wildman–Crippen MR) is 155 cm³/mol. The molecule has 2 aromatic carbocycles. The van der Waals surface area contributed by atoms with Gasteiger partial charge in [-0.2, -0.15) is 18.3 Å². The van der Waals surface area contributed by atoms with Crippen LogP contribution < -0.4 is 5.32 Å². The molecular weight excluding hydrogens is 566 g/mol. The van der Waals surface area contributed by atoms with Gasteiger partial charge in [-0.1, -0.05) is 36.7 Å². The van der Waals surface area contributed by atoms with Gasteiger partial charge >= 0.3 is 6.18 Å². The number of carbonyl (C=O) groups is 1. The van der Waals surface area contributed by atoms with Gasteiger partial charge in [0.05, 0.1) is 12.1 Å². The van der Waals surface area contributed by atoms with Crippen LogP contribution in [0.5, 0.6) is 0 Å².